The van der Waals surface area contributed by atoms with E-state index in [2.05, 4.69) is 27.3 Å². The number of halogens is 3. The lowest BCUT2D eigenvalue weighted by atomic mass is 9.77. The molecule has 2 aliphatic rings. The van der Waals surface area contributed by atoms with Crippen LogP contribution in [0.1, 0.15) is 29.5 Å². The SMILES string of the molecule is O=[N+]([O-])c1ccccc1S[C@@H]1C[C@H]2[C@@H](c3cc(Br)ccc3N[C@H]2c2ccccc2F)[C@@H]1Cl. The fraction of sp³-hybridized carbons (Fsp3) is 0.250. The highest BCUT2D eigenvalue weighted by atomic mass is 79.9. The third-order valence-electron chi connectivity index (χ3n) is 6.36. The molecule has 0 unspecified atom stereocenters. The van der Waals surface area contributed by atoms with Crippen molar-refractivity contribution in [2.75, 3.05) is 5.32 Å². The molecule has 0 bridgehead atoms. The fourth-order valence-corrected chi connectivity index (χ4v) is 7.32. The molecule has 164 valence electrons. The first-order valence-corrected chi connectivity index (χ1v) is 12.4. The predicted molar refractivity (Wildman–Crippen MR) is 130 cm³/mol. The zero-order chi connectivity index (χ0) is 22.4. The Labute approximate surface area is 202 Å². The van der Waals surface area contributed by atoms with Crippen LogP contribution in [0.3, 0.4) is 0 Å². The summed E-state index contributed by atoms with van der Waals surface area (Å²) in [4.78, 5) is 11.8. The first kappa shape index (κ1) is 21.7. The number of nitro benzene ring substituents is 1. The lowest BCUT2D eigenvalue weighted by molar-refractivity contribution is -0.387. The lowest BCUT2D eigenvalue weighted by Crippen LogP contribution is -2.31. The third kappa shape index (κ3) is 3.80. The number of fused-ring (bicyclic) bond motifs is 3. The van der Waals surface area contributed by atoms with E-state index in [-0.39, 0.29) is 44.9 Å². The monoisotopic (exact) mass is 532 g/mol. The Bertz CT molecular complexity index is 1200. The molecule has 0 amide bonds. The van der Waals surface area contributed by atoms with Crippen molar-refractivity contribution in [2.24, 2.45) is 5.92 Å². The van der Waals surface area contributed by atoms with Gasteiger partial charge in [-0.15, -0.1) is 23.4 Å². The average Bonchev–Trinajstić information content (AvgIpc) is 3.10. The summed E-state index contributed by atoms with van der Waals surface area (Å²) in [7, 11) is 0. The van der Waals surface area contributed by atoms with Crippen LogP contribution < -0.4 is 5.32 Å². The van der Waals surface area contributed by atoms with Crippen LogP contribution in [0.25, 0.3) is 0 Å². The normalized spacial score (nSPS) is 26.2. The van der Waals surface area contributed by atoms with Crippen LogP contribution in [0.15, 0.2) is 76.1 Å². The molecule has 0 spiro atoms. The number of nitrogens with one attached hydrogen (secondary N) is 1. The number of nitro groups is 1. The number of anilines is 1. The van der Waals surface area contributed by atoms with Crippen molar-refractivity contribution in [1.82, 2.24) is 0 Å². The van der Waals surface area contributed by atoms with E-state index < -0.39 is 0 Å². The number of thioether (sulfide) groups is 1. The van der Waals surface area contributed by atoms with Gasteiger partial charge in [0.05, 0.1) is 21.2 Å². The number of hydrogen-bond acceptors (Lipinski definition) is 4. The van der Waals surface area contributed by atoms with Crippen molar-refractivity contribution in [3.05, 3.63) is 98.3 Å². The van der Waals surface area contributed by atoms with E-state index in [1.165, 1.54) is 23.9 Å². The van der Waals surface area contributed by atoms with Gasteiger partial charge in [0.25, 0.3) is 5.69 Å². The molecule has 1 N–H and O–H groups in total. The summed E-state index contributed by atoms with van der Waals surface area (Å²) in [5, 5.41) is 14.8. The predicted octanol–water partition coefficient (Wildman–Crippen LogP) is 7.54. The van der Waals surface area contributed by atoms with Crippen LogP contribution in [0.5, 0.6) is 0 Å². The molecule has 5 rings (SSSR count). The molecule has 4 nitrogen and oxygen atoms in total. The van der Waals surface area contributed by atoms with Crippen LogP contribution in [-0.2, 0) is 0 Å². The summed E-state index contributed by atoms with van der Waals surface area (Å²) in [6.45, 7) is 0. The molecule has 0 aromatic heterocycles. The summed E-state index contributed by atoms with van der Waals surface area (Å²) in [6.07, 6.45) is 0.716. The number of benzene rings is 3. The van der Waals surface area contributed by atoms with Gasteiger partial charge in [-0.2, -0.15) is 0 Å². The maximum atomic E-state index is 14.8. The molecule has 1 aliphatic carbocycles. The highest BCUT2D eigenvalue weighted by molar-refractivity contribution is 9.10. The lowest BCUT2D eigenvalue weighted by Gasteiger charge is -2.38. The van der Waals surface area contributed by atoms with Gasteiger partial charge in [0.2, 0.25) is 0 Å². The molecule has 8 heteroatoms. The van der Waals surface area contributed by atoms with Gasteiger partial charge in [0, 0.05) is 33.0 Å². The summed E-state index contributed by atoms with van der Waals surface area (Å²) in [5.41, 5.74) is 2.76. The highest BCUT2D eigenvalue weighted by Crippen LogP contribution is 2.58. The minimum atomic E-state index is -0.357. The fourth-order valence-electron chi connectivity index (χ4n) is 4.99. The second kappa shape index (κ2) is 8.69. The highest BCUT2D eigenvalue weighted by Gasteiger charge is 2.50. The van der Waals surface area contributed by atoms with Gasteiger partial charge in [-0.1, -0.05) is 46.3 Å². The topological polar surface area (TPSA) is 55.2 Å². The van der Waals surface area contributed by atoms with E-state index in [4.69, 9.17) is 11.6 Å². The zero-order valence-corrected chi connectivity index (χ0v) is 19.9. The molecule has 1 saturated carbocycles. The van der Waals surface area contributed by atoms with Gasteiger partial charge in [0.15, 0.2) is 0 Å². The molecule has 1 fully saturated rings. The second-order valence-electron chi connectivity index (χ2n) is 8.13. The van der Waals surface area contributed by atoms with Gasteiger partial charge in [-0.25, -0.2) is 4.39 Å². The number of nitrogens with zero attached hydrogens (tertiary/aromatic N) is 1. The van der Waals surface area contributed by atoms with Gasteiger partial charge in [0.1, 0.15) is 5.82 Å². The van der Waals surface area contributed by atoms with E-state index in [0.29, 0.717) is 16.9 Å². The Morgan fingerprint density at radius 1 is 1.09 bits per heavy atom. The van der Waals surface area contributed by atoms with E-state index >= 15 is 0 Å². The molecule has 1 heterocycles. The molecule has 32 heavy (non-hydrogen) atoms. The van der Waals surface area contributed by atoms with Crippen LogP contribution in [0.2, 0.25) is 0 Å². The minimum absolute atomic E-state index is 0.00436. The number of rotatable bonds is 4. The Kier molecular flexibility index (Phi) is 5.90. The van der Waals surface area contributed by atoms with Gasteiger partial charge < -0.3 is 5.32 Å². The van der Waals surface area contributed by atoms with Gasteiger partial charge in [-0.05, 0) is 48.2 Å². The van der Waals surface area contributed by atoms with Crippen molar-refractivity contribution in [2.45, 2.75) is 33.9 Å². The molecule has 3 aromatic rings. The first-order valence-electron chi connectivity index (χ1n) is 10.3. The Balaban J connectivity index is 1.55. The van der Waals surface area contributed by atoms with Crippen LogP contribution in [0.4, 0.5) is 15.8 Å². The Hall–Kier alpha value is -2.09. The Morgan fingerprint density at radius 2 is 1.84 bits per heavy atom. The zero-order valence-electron chi connectivity index (χ0n) is 16.8. The molecule has 5 atom stereocenters. The smallest absolute Gasteiger partial charge is 0.282 e. The van der Waals surface area contributed by atoms with Crippen LogP contribution in [0, 0.1) is 21.8 Å². The van der Waals surface area contributed by atoms with E-state index in [9.17, 15) is 14.5 Å². The van der Waals surface area contributed by atoms with Crippen molar-refractivity contribution in [1.29, 1.82) is 0 Å². The third-order valence-corrected chi connectivity index (χ3v) is 8.96. The molecule has 1 aliphatic heterocycles. The molecule has 0 saturated heterocycles. The largest absolute Gasteiger partial charge is 0.378 e. The molecule has 0 radical (unpaired) electrons. The summed E-state index contributed by atoms with van der Waals surface area (Å²) in [6, 6.07) is 19.4. The van der Waals surface area contributed by atoms with Crippen LogP contribution in [-0.4, -0.2) is 15.6 Å². The van der Waals surface area contributed by atoms with Gasteiger partial charge >= 0.3 is 0 Å². The van der Waals surface area contributed by atoms with Crippen molar-refractivity contribution >= 4 is 50.7 Å². The van der Waals surface area contributed by atoms with Gasteiger partial charge in [-0.3, -0.25) is 10.1 Å². The molecular formula is C24H19BrClFN2O2S. The second-order valence-corrected chi connectivity index (χ2v) is 10.8. The maximum Gasteiger partial charge on any atom is 0.282 e. The summed E-state index contributed by atoms with van der Waals surface area (Å²) >= 11 is 12.1. The number of para-hydroxylation sites is 1. The average molecular weight is 534 g/mol. The van der Waals surface area contributed by atoms with E-state index in [1.807, 2.05) is 24.3 Å². The first-order chi connectivity index (χ1) is 15.4. The summed E-state index contributed by atoms with van der Waals surface area (Å²) < 4.78 is 15.8. The quantitative estimate of drug-likeness (QED) is 0.214. The molecular weight excluding hydrogens is 515 g/mol. The van der Waals surface area contributed by atoms with Crippen molar-refractivity contribution in [3.63, 3.8) is 0 Å². The van der Waals surface area contributed by atoms with Crippen molar-refractivity contribution < 1.29 is 9.31 Å². The van der Waals surface area contributed by atoms with Crippen LogP contribution >= 0.6 is 39.3 Å². The summed E-state index contributed by atoms with van der Waals surface area (Å²) in [5.74, 6) is -0.197. The number of alkyl halides is 1. The van der Waals surface area contributed by atoms with E-state index in [1.54, 1.807) is 24.3 Å². The minimum Gasteiger partial charge on any atom is -0.378 e. The Morgan fingerprint density at radius 3 is 2.62 bits per heavy atom. The standard InChI is InChI=1S/C24H19BrClFN2O2S/c25-13-9-10-18-15(11-13)22-16(24(28-18)14-5-1-2-6-17(14)27)12-21(23(22)26)32-20-8-4-3-7-19(20)29(30)31/h1-11,16,21-24,28H,12H2/t16-,21+,22+,23+,24-/m0/s1. The maximum absolute atomic E-state index is 14.8. The van der Waals surface area contributed by atoms with Crippen molar-refractivity contribution in [3.8, 4) is 0 Å². The molecule has 3 aromatic carbocycles. The number of hydrogen-bond donors (Lipinski definition) is 1. The van der Waals surface area contributed by atoms with E-state index in [0.717, 1.165) is 15.7 Å².